The normalized spacial score (nSPS) is 17.2. The maximum Gasteiger partial charge on any atom is 0.328 e. The van der Waals surface area contributed by atoms with Crippen LogP contribution in [0.3, 0.4) is 0 Å². The standard InChI is InChI=1S/C22H25N7O3/c1-3-29-20(31)16-8-24-14(6-18(16)26-21(29)32)9-27-10-22(11-27)12-28(13-22)15-4-5-17(25-7-15)19(30)23-2/h4-8H,3,9-13H2,1-2H3,(H,23,30)(H,26,32). The van der Waals surface area contributed by atoms with Crippen LogP contribution in [-0.4, -0.2) is 63.6 Å². The van der Waals surface area contributed by atoms with E-state index in [0.717, 1.165) is 37.6 Å². The molecule has 0 saturated carbocycles. The molecule has 2 aliphatic rings. The van der Waals surface area contributed by atoms with Crippen LogP contribution in [0.25, 0.3) is 10.9 Å². The van der Waals surface area contributed by atoms with Crippen LogP contribution in [0.4, 0.5) is 5.69 Å². The summed E-state index contributed by atoms with van der Waals surface area (Å²) in [6.07, 6.45) is 3.31. The zero-order chi connectivity index (χ0) is 22.5. The van der Waals surface area contributed by atoms with Gasteiger partial charge in [0.2, 0.25) is 0 Å². The molecule has 2 saturated heterocycles. The van der Waals surface area contributed by atoms with Gasteiger partial charge in [0.05, 0.1) is 28.5 Å². The Bertz CT molecular complexity index is 1300. The summed E-state index contributed by atoms with van der Waals surface area (Å²) in [5.74, 6) is -0.186. The van der Waals surface area contributed by atoms with E-state index in [0.29, 0.717) is 29.7 Å². The molecule has 1 amide bonds. The van der Waals surface area contributed by atoms with Crippen molar-refractivity contribution in [2.24, 2.45) is 5.41 Å². The van der Waals surface area contributed by atoms with Gasteiger partial charge in [0, 0.05) is 57.9 Å². The van der Waals surface area contributed by atoms with Crippen molar-refractivity contribution < 1.29 is 4.79 Å². The minimum absolute atomic E-state index is 0.186. The quantitative estimate of drug-likeness (QED) is 0.587. The number of aromatic amines is 1. The van der Waals surface area contributed by atoms with E-state index in [1.165, 1.54) is 4.57 Å². The predicted molar refractivity (Wildman–Crippen MR) is 120 cm³/mol. The molecule has 1 spiro atoms. The van der Waals surface area contributed by atoms with Gasteiger partial charge in [0.25, 0.3) is 11.5 Å². The first-order valence-electron chi connectivity index (χ1n) is 10.7. The third-order valence-electron chi connectivity index (χ3n) is 6.37. The lowest BCUT2D eigenvalue weighted by Gasteiger charge is -2.61. The molecule has 0 aliphatic carbocycles. The number of anilines is 1. The number of fused-ring (bicyclic) bond motifs is 1. The molecule has 32 heavy (non-hydrogen) atoms. The van der Waals surface area contributed by atoms with E-state index in [9.17, 15) is 14.4 Å². The highest BCUT2D eigenvalue weighted by molar-refractivity contribution is 5.92. The van der Waals surface area contributed by atoms with Crippen molar-refractivity contribution in [2.45, 2.75) is 20.0 Å². The Morgan fingerprint density at radius 2 is 1.94 bits per heavy atom. The molecule has 0 atom stereocenters. The summed E-state index contributed by atoms with van der Waals surface area (Å²) in [6, 6.07) is 5.49. The number of likely N-dealkylation sites (tertiary alicyclic amines) is 1. The number of pyridine rings is 2. The molecule has 5 rings (SSSR count). The number of H-pyrrole nitrogens is 1. The number of hydrogen-bond donors (Lipinski definition) is 2. The molecule has 0 unspecified atom stereocenters. The fourth-order valence-electron chi connectivity index (χ4n) is 4.79. The monoisotopic (exact) mass is 435 g/mol. The predicted octanol–water partition coefficient (Wildman–Crippen LogP) is 0.182. The van der Waals surface area contributed by atoms with Gasteiger partial charge < -0.3 is 15.2 Å². The summed E-state index contributed by atoms with van der Waals surface area (Å²) in [4.78, 5) is 52.2. The molecule has 3 aromatic heterocycles. The Labute approximate surface area is 183 Å². The summed E-state index contributed by atoms with van der Waals surface area (Å²) in [5, 5.41) is 3.01. The van der Waals surface area contributed by atoms with Crippen molar-refractivity contribution >= 4 is 22.5 Å². The number of carbonyl (C=O) groups is 1. The molecule has 166 valence electrons. The molecule has 2 N–H and O–H groups in total. The Balaban J connectivity index is 1.20. The van der Waals surface area contributed by atoms with E-state index in [1.807, 2.05) is 6.07 Å². The molecule has 2 fully saturated rings. The lowest BCUT2D eigenvalue weighted by molar-refractivity contribution is -0.0280. The van der Waals surface area contributed by atoms with E-state index < -0.39 is 5.69 Å². The molecule has 2 aliphatic heterocycles. The highest BCUT2D eigenvalue weighted by Crippen LogP contribution is 2.42. The first-order chi connectivity index (χ1) is 15.4. The first-order valence-corrected chi connectivity index (χ1v) is 10.7. The van der Waals surface area contributed by atoms with Gasteiger partial charge >= 0.3 is 5.69 Å². The van der Waals surface area contributed by atoms with Crippen molar-refractivity contribution in [1.29, 1.82) is 0 Å². The van der Waals surface area contributed by atoms with Gasteiger partial charge in [-0.15, -0.1) is 0 Å². The maximum absolute atomic E-state index is 12.4. The number of hydrogen-bond acceptors (Lipinski definition) is 7. The van der Waals surface area contributed by atoms with Crippen LogP contribution in [0.5, 0.6) is 0 Å². The third-order valence-corrected chi connectivity index (χ3v) is 6.37. The van der Waals surface area contributed by atoms with Gasteiger partial charge in [0.1, 0.15) is 5.69 Å². The van der Waals surface area contributed by atoms with Crippen LogP contribution in [0.2, 0.25) is 0 Å². The second-order valence-corrected chi connectivity index (χ2v) is 8.68. The summed E-state index contributed by atoms with van der Waals surface area (Å²) < 4.78 is 1.17. The number of amides is 1. The SMILES string of the molecule is CCn1c(=O)[nH]c2cc(CN3CC4(C3)CN(c3ccc(C(=O)NC)nc3)C4)ncc2c1=O. The Kier molecular flexibility index (Phi) is 4.81. The van der Waals surface area contributed by atoms with Gasteiger partial charge in [0.15, 0.2) is 0 Å². The van der Waals surface area contributed by atoms with Crippen LogP contribution < -0.4 is 21.5 Å². The second-order valence-electron chi connectivity index (χ2n) is 8.68. The average molecular weight is 435 g/mol. The van der Waals surface area contributed by atoms with E-state index in [-0.39, 0.29) is 16.9 Å². The lowest BCUT2D eigenvalue weighted by atomic mass is 9.72. The van der Waals surface area contributed by atoms with Crippen molar-refractivity contribution in [3.05, 3.63) is 62.8 Å². The van der Waals surface area contributed by atoms with Gasteiger partial charge in [-0.2, -0.15) is 0 Å². The van der Waals surface area contributed by atoms with Crippen molar-refractivity contribution in [3.63, 3.8) is 0 Å². The smallest absolute Gasteiger partial charge is 0.328 e. The third kappa shape index (κ3) is 3.36. The fourth-order valence-corrected chi connectivity index (χ4v) is 4.79. The van der Waals surface area contributed by atoms with Gasteiger partial charge in [-0.25, -0.2) is 9.78 Å². The summed E-state index contributed by atoms with van der Waals surface area (Å²) in [7, 11) is 1.59. The molecule has 0 radical (unpaired) electrons. The van der Waals surface area contributed by atoms with E-state index >= 15 is 0 Å². The van der Waals surface area contributed by atoms with Crippen molar-refractivity contribution in [3.8, 4) is 0 Å². The minimum atomic E-state index is -0.391. The summed E-state index contributed by atoms with van der Waals surface area (Å²) >= 11 is 0. The molecule has 0 aromatic carbocycles. The van der Waals surface area contributed by atoms with Crippen LogP contribution in [0.15, 0.2) is 40.2 Å². The van der Waals surface area contributed by atoms with Gasteiger partial charge in [-0.05, 0) is 25.1 Å². The largest absolute Gasteiger partial charge is 0.369 e. The number of aromatic nitrogens is 4. The lowest BCUT2D eigenvalue weighted by Crippen LogP contribution is -2.72. The summed E-state index contributed by atoms with van der Waals surface area (Å²) in [6.45, 7) is 6.63. The topological polar surface area (TPSA) is 116 Å². The molecule has 10 nitrogen and oxygen atoms in total. The highest BCUT2D eigenvalue weighted by atomic mass is 16.2. The highest BCUT2D eigenvalue weighted by Gasteiger charge is 2.51. The number of nitrogens with zero attached hydrogens (tertiary/aromatic N) is 5. The van der Waals surface area contributed by atoms with E-state index in [4.69, 9.17) is 0 Å². The van der Waals surface area contributed by atoms with E-state index in [2.05, 4.69) is 30.1 Å². The first kappa shape index (κ1) is 20.4. The molecule has 5 heterocycles. The maximum atomic E-state index is 12.4. The zero-order valence-electron chi connectivity index (χ0n) is 18.1. The molecule has 3 aromatic rings. The number of carbonyl (C=O) groups excluding carboxylic acids is 1. The van der Waals surface area contributed by atoms with Crippen LogP contribution in [-0.2, 0) is 13.1 Å². The van der Waals surface area contributed by atoms with Crippen LogP contribution >= 0.6 is 0 Å². The molecular formula is C22H25N7O3. The molecular weight excluding hydrogens is 410 g/mol. The van der Waals surface area contributed by atoms with Gasteiger partial charge in [-0.3, -0.25) is 24.0 Å². The van der Waals surface area contributed by atoms with E-state index in [1.54, 1.807) is 38.5 Å². The minimum Gasteiger partial charge on any atom is -0.369 e. The number of nitrogens with one attached hydrogen (secondary N) is 2. The second kappa shape index (κ2) is 7.56. The Morgan fingerprint density at radius 3 is 2.59 bits per heavy atom. The molecule has 10 heteroatoms. The fraction of sp³-hybridized carbons (Fsp3) is 0.409. The Morgan fingerprint density at radius 1 is 1.16 bits per heavy atom. The zero-order valence-corrected chi connectivity index (χ0v) is 18.1. The van der Waals surface area contributed by atoms with Crippen molar-refractivity contribution in [2.75, 3.05) is 38.1 Å². The molecule has 0 bridgehead atoms. The van der Waals surface area contributed by atoms with Gasteiger partial charge in [-0.1, -0.05) is 0 Å². The Hall–Kier alpha value is -3.53. The number of rotatable bonds is 5. The van der Waals surface area contributed by atoms with Crippen LogP contribution in [0.1, 0.15) is 23.1 Å². The van der Waals surface area contributed by atoms with Crippen LogP contribution in [0, 0.1) is 5.41 Å². The summed E-state index contributed by atoms with van der Waals surface area (Å²) in [5.41, 5.74) is 2.39. The van der Waals surface area contributed by atoms with Crippen molar-refractivity contribution in [1.82, 2.24) is 29.7 Å². The average Bonchev–Trinajstić information content (AvgIpc) is 2.74.